The van der Waals surface area contributed by atoms with E-state index >= 15 is 0 Å². The van der Waals surface area contributed by atoms with Crippen LogP contribution in [-0.4, -0.2) is 12.9 Å². The maximum absolute atomic E-state index is 9.88. The van der Waals surface area contributed by atoms with E-state index in [1.54, 1.807) is 0 Å². The number of rotatable bonds is 5. The maximum Gasteiger partial charge on any atom is 0.126 e. The molecule has 0 aliphatic carbocycles. The first kappa shape index (κ1) is 8.94. The predicted octanol–water partition coefficient (Wildman–Crippen LogP) is 1.61. The third-order valence-electron chi connectivity index (χ3n) is 1.42. The summed E-state index contributed by atoms with van der Waals surface area (Å²) in [7, 11) is 0. The van der Waals surface area contributed by atoms with Crippen molar-refractivity contribution in [1.29, 1.82) is 0 Å². The second-order valence-electron chi connectivity index (χ2n) is 2.37. The predicted molar refractivity (Wildman–Crippen MR) is 46.5 cm³/mol. The van der Waals surface area contributed by atoms with Crippen LogP contribution in [0, 0.1) is 6.42 Å². The Bertz CT molecular complexity index is 219. The Morgan fingerprint density at radius 1 is 1.25 bits per heavy atom. The summed E-state index contributed by atoms with van der Waals surface area (Å²) >= 11 is 0. The average molecular weight is 163 g/mol. The Labute approximate surface area is 72.2 Å². The van der Waals surface area contributed by atoms with Crippen LogP contribution in [0.1, 0.15) is 5.56 Å². The molecule has 0 aromatic heterocycles. The molecule has 0 unspecified atom stereocenters. The Kier molecular flexibility index (Phi) is 4.09. The van der Waals surface area contributed by atoms with E-state index in [0.717, 1.165) is 11.8 Å². The number of hydrogen-bond donors (Lipinski definition) is 0. The molecule has 63 valence electrons. The van der Waals surface area contributed by atoms with Crippen LogP contribution < -0.4 is 0 Å². The summed E-state index contributed by atoms with van der Waals surface area (Å²) in [6, 6.07) is 9.85. The van der Waals surface area contributed by atoms with Gasteiger partial charge < -0.3 is 9.53 Å². The molecular formula is C10H11O2. The number of hydrogen-bond acceptors (Lipinski definition) is 2. The second kappa shape index (κ2) is 5.49. The highest BCUT2D eigenvalue weighted by atomic mass is 16.5. The van der Waals surface area contributed by atoms with Gasteiger partial charge in [0.15, 0.2) is 0 Å². The molecule has 0 spiro atoms. The number of carbonyl (C=O) groups excluding carboxylic acids is 1. The monoisotopic (exact) mass is 163 g/mol. The zero-order valence-corrected chi connectivity index (χ0v) is 6.77. The molecule has 0 N–H and O–H groups in total. The highest BCUT2D eigenvalue weighted by Crippen LogP contribution is 1.99. The molecule has 1 rings (SSSR count). The smallest absolute Gasteiger partial charge is 0.126 e. The first-order chi connectivity index (χ1) is 5.93. The van der Waals surface area contributed by atoms with Crippen LogP contribution >= 0.6 is 0 Å². The molecule has 0 bridgehead atoms. The van der Waals surface area contributed by atoms with E-state index in [4.69, 9.17) is 4.74 Å². The average Bonchev–Trinajstić information content (AvgIpc) is 2.14. The largest absolute Gasteiger partial charge is 0.376 e. The van der Waals surface area contributed by atoms with Gasteiger partial charge in [-0.3, -0.25) is 0 Å². The van der Waals surface area contributed by atoms with E-state index in [2.05, 4.69) is 0 Å². The molecular weight excluding hydrogens is 152 g/mol. The molecule has 1 radical (unpaired) electrons. The van der Waals surface area contributed by atoms with Crippen molar-refractivity contribution in [2.24, 2.45) is 0 Å². The highest BCUT2D eigenvalue weighted by Gasteiger charge is 1.90. The molecule has 0 aliphatic heterocycles. The molecule has 0 heterocycles. The fraction of sp³-hybridized carbons (Fsp3) is 0.200. The molecule has 1 aromatic carbocycles. The van der Waals surface area contributed by atoms with Gasteiger partial charge in [0.05, 0.1) is 13.2 Å². The number of aldehydes is 1. The van der Waals surface area contributed by atoms with Crippen molar-refractivity contribution in [2.45, 2.75) is 6.61 Å². The first-order valence-electron chi connectivity index (χ1n) is 3.82. The van der Waals surface area contributed by atoms with Crippen molar-refractivity contribution in [2.75, 3.05) is 6.61 Å². The van der Waals surface area contributed by atoms with E-state index in [1.807, 2.05) is 30.3 Å². The lowest BCUT2D eigenvalue weighted by atomic mass is 10.2. The molecule has 0 saturated carbocycles. The zero-order valence-electron chi connectivity index (χ0n) is 6.77. The SMILES string of the molecule is O=C[CH]COCc1ccccc1. The molecule has 0 fully saturated rings. The lowest BCUT2D eigenvalue weighted by molar-refractivity contribution is -0.105. The van der Waals surface area contributed by atoms with Crippen LogP contribution in [0.2, 0.25) is 0 Å². The number of ether oxygens (including phenoxy) is 1. The number of benzene rings is 1. The minimum atomic E-state index is 0.387. The Hall–Kier alpha value is -1.15. The van der Waals surface area contributed by atoms with E-state index < -0.39 is 0 Å². The van der Waals surface area contributed by atoms with Gasteiger partial charge in [-0.05, 0) is 5.56 Å². The van der Waals surface area contributed by atoms with Gasteiger partial charge in [0, 0.05) is 6.42 Å². The van der Waals surface area contributed by atoms with Crippen molar-refractivity contribution in [3.63, 3.8) is 0 Å². The molecule has 1 aromatic rings. The number of carbonyl (C=O) groups is 1. The Balaban J connectivity index is 2.20. The Morgan fingerprint density at radius 3 is 2.67 bits per heavy atom. The highest BCUT2D eigenvalue weighted by molar-refractivity contribution is 5.60. The molecule has 0 atom stereocenters. The zero-order chi connectivity index (χ0) is 8.65. The van der Waals surface area contributed by atoms with Crippen LogP contribution in [0.15, 0.2) is 30.3 Å². The van der Waals surface area contributed by atoms with Gasteiger partial charge in [-0.2, -0.15) is 0 Å². The van der Waals surface area contributed by atoms with Gasteiger partial charge >= 0.3 is 0 Å². The van der Waals surface area contributed by atoms with Crippen molar-refractivity contribution in [3.05, 3.63) is 42.3 Å². The van der Waals surface area contributed by atoms with Gasteiger partial charge in [0.2, 0.25) is 0 Å². The van der Waals surface area contributed by atoms with Gasteiger partial charge in [-0.1, -0.05) is 30.3 Å². The van der Waals surface area contributed by atoms with E-state index in [-0.39, 0.29) is 0 Å². The van der Waals surface area contributed by atoms with Crippen LogP contribution in [0.5, 0.6) is 0 Å². The quantitative estimate of drug-likeness (QED) is 0.487. The van der Waals surface area contributed by atoms with Crippen molar-refractivity contribution in [3.8, 4) is 0 Å². The van der Waals surface area contributed by atoms with Crippen LogP contribution in [0.4, 0.5) is 0 Å². The molecule has 0 amide bonds. The van der Waals surface area contributed by atoms with E-state index in [9.17, 15) is 4.79 Å². The normalized spacial score (nSPS) is 9.67. The summed E-state index contributed by atoms with van der Waals surface area (Å²) in [6.45, 7) is 0.948. The fourth-order valence-corrected chi connectivity index (χ4v) is 0.858. The molecule has 0 aliphatic rings. The van der Waals surface area contributed by atoms with Crippen LogP contribution in [-0.2, 0) is 16.1 Å². The topological polar surface area (TPSA) is 26.3 Å². The molecule has 2 nitrogen and oxygen atoms in total. The van der Waals surface area contributed by atoms with Crippen LogP contribution in [0.3, 0.4) is 0 Å². The van der Waals surface area contributed by atoms with Crippen molar-refractivity contribution < 1.29 is 9.53 Å². The standard InChI is InChI=1S/C10H11O2/c11-7-4-8-12-9-10-5-2-1-3-6-10/h1-7H,8-9H2. The summed E-state index contributed by atoms with van der Waals surface area (Å²) in [4.78, 5) is 9.88. The molecule has 0 saturated heterocycles. The first-order valence-corrected chi connectivity index (χ1v) is 3.82. The minimum absolute atomic E-state index is 0.387. The van der Waals surface area contributed by atoms with Gasteiger partial charge in [0.25, 0.3) is 0 Å². The summed E-state index contributed by atoms with van der Waals surface area (Å²) in [5, 5.41) is 0. The van der Waals surface area contributed by atoms with Gasteiger partial charge in [-0.15, -0.1) is 0 Å². The van der Waals surface area contributed by atoms with Gasteiger partial charge in [-0.25, -0.2) is 0 Å². The lowest BCUT2D eigenvalue weighted by Crippen LogP contribution is -1.96. The minimum Gasteiger partial charge on any atom is -0.376 e. The van der Waals surface area contributed by atoms with Crippen LogP contribution in [0.25, 0.3) is 0 Å². The van der Waals surface area contributed by atoms with Crippen molar-refractivity contribution >= 4 is 6.29 Å². The summed E-state index contributed by atoms with van der Waals surface area (Å²) in [5.41, 5.74) is 1.12. The lowest BCUT2D eigenvalue weighted by Gasteiger charge is -2.00. The fourth-order valence-electron chi connectivity index (χ4n) is 0.858. The molecule has 12 heavy (non-hydrogen) atoms. The van der Waals surface area contributed by atoms with Crippen molar-refractivity contribution in [1.82, 2.24) is 0 Å². The van der Waals surface area contributed by atoms with E-state index in [1.165, 1.54) is 6.42 Å². The summed E-state index contributed by atoms with van der Waals surface area (Å²) in [6.07, 6.45) is 2.19. The van der Waals surface area contributed by atoms with E-state index in [0.29, 0.717) is 13.2 Å². The molecule has 2 heteroatoms. The second-order valence-corrected chi connectivity index (χ2v) is 2.37. The summed E-state index contributed by atoms with van der Waals surface area (Å²) in [5.74, 6) is 0. The third-order valence-corrected chi connectivity index (χ3v) is 1.42. The summed E-state index contributed by atoms with van der Waals surface area (Å²) < 4.78 is 5.17. The third kappa shape index (κ3) is 3.30. The maximum atomic E-state index is 9.88. The Morgan fingerprint density at radius 2 is 2.00 bits per heavy atom. The van der Waals surface area contributed by atoms with Gasteiger partial charge in [0.1, 0.15) is 6.29 Å².